The van der Waals surface area contributed by atoms with E-state index in [1.807, 2.05) is 12.3 Å². The van der Waals surface area contributed by atoms with Crippen molar-refractivity contribution in [2.45, 2.75) is 25.9 Å². The number of aromatic carboxylic acids is 1. The number of hydrogen-bond acceptors (Lipinski definition) is 5. The third kappa shape index (κ3) is 3.28. The highest BCUT2D eigenvalue weighted by Crippen LogP contribution is 2.30. The van der Waals surface area contributed by atoms with Crippen molar-refractivity contribution in [2.24, 2.45) is 0 Å². The van der Waals surface area contributed by atoms with Gasteiger partial charge in [-0.05, 0) is 24.6 Å². The van der Waals surface area contributed by atoms with E-state index < -0.39 is 5.97 Å². The molecule has 1 aromatic heterocycles. The summed E-state index contributed by atoms with van der Waals surface area (Å²) < 4.78 is 11.1. The van der Waals surface area contributed by atoms with Crippen molar-refractivity contribution in [3.8, 4) is 16.3 Å². The Morgan fingerprint density at radius 3 is 3.00 bits per heavy atom. The smallest absolute Gasteiger partial charge is 0.335 e. The molecule has 1 N–H and O–H groups in total. The van der Waals surface area contributed by atoms with Gasteiger partial charge in [0.25, 0.3) is 0 Å². The molecule has 22 heavy (non-hydrogen) atoms. The number of nitrogens with zero attached hydrogens (tertiary/aromatic N) is 1. The number of carboxylic acids is 1. The van der Waals surface area contributed by atoms with Crippen molar-refractivity contribution in [1.82, 2.24) is 4.98 Å². The zero-order valence-corrected chi connectivity index (χ0v) is 13.1. The molecule has 2 heterocycles. The molecular weight excluding hydrogens is 302 g/mol. The molecule has 1 fully saturated rings. The second-order valence-electron chi connectivity index (χ2n) is 5.14. The summed E-state index contributed by atoms with van der Waals surface area (Å²) >= 11 is 1.57. The number of benzene rings is 1. The van der Waals surface area contributed by atoms with Gasteiger partial charge < -0.3 is 14.6 Å². The molecule has 5 nitrogen and oxygen atoms in total. The molecule has 2 aromatic rings. The van der Waals surface area contributed by atoms with Gasteiger partial charge >= 0.3 is 5.97 Å². The van der Waals surface area contributed by atoms with E-state index in [2.05, 4.69) is 11.9 Å². The number of carbonyl (C=O) groups is 1. The van der Waals surface area contributed by atoms with E-state index in [1.165, 1.54) is 4.88 Å². The van der Waals surface area contributed by atoms with E-state index in [4.69, 9.17) is 9.47 Å². The minimum atomic E-state index is -0.971. The molecule has 6 heteroatoms. The maximum absolute atomic E-state index is 11.3. The molecule has 3 rings (SSSR count). The lowest BCUT2D eigenvalue weighted by atomic mass is 10.1. The number of aromatic nitrogens is 1. The standard InChI is InChI=1S/C16H17NO4S/c1-2-14-8-17-15(22-14)10-5-11(16(18)19)7-13(6-10)21-12-3-4-20-9-12/h5-8,12H,2-4,9H2,1H3,(H,18,19). The maximum atomic E-state index is 11.3. The molecule has 0 aliphatic carbocycles. The summed E-state index contributed by atoms with van der Waals surface area (Å²) in [6.45, 7) is 3.30. The molecule has 0 radical (unpaired) electrons. The predicted octanol–water partition coefficient (Wildman–Crippen LogP) is 3.24. The lowest BCUT2D eigenvalue weighted by Gasteiger charge is -2.13. The fourth-order valence-electron chi connectivity index (χ4n) is 2.32. The summed E-state index contributed by atoms with van der Waals surface area (Å²) in [6, 6.07) is 5.04. The van der Waals surface area contributed by atoms with Crippen LogP contribution >= 0.6 is 11.3 Å². The third-order valence-electron chi connectivity index (χ3n) is 3.49. The van der Waals surface area contributed by atoms with Crippen LogP contribution in [0.15, 0.2) is 24.4 Å². The summed E-state index contributed by atoms with van der Waals surface area (Å²) in [6.07, 6.45) is 3.56. The number of hydrogen-bond donors (Lipinski definition) is 1. The van der Waals surface area contributed by atoms with Crippen LogP contribution in [0, 0.1) is 0 Å². The second kappa shape index (κ2) is 6.46. The van der Waals surface area contributed by atoms with E-state index >= 15 is 0 Å². The number of aryl methyl sites for hydroxylation is 1. The molecule has 0 saturated carbocycles. The molecule has 1 saturated heterocycles. The van der Waals surface area contributed by atoms with Gasteiger partial charge in [0.05, 0.1) is 18.8 Å². The van der Waals surface area contributed by atoms with Gasteiger partial charge in [0, 0.05) is 23.1 Å². The highest BCUT2D eigenvalue weighted by Gasteiger charge is 2.19. The van der Waals surface area contributed by atoms with Crippen LogP contribution in [0.25, 0.3) is 10.6 Å². The van der Waals surface area contributed by atoms with Gasteiger partial charge in [-0.2, -0.15) is 0 Å². The minimum absolute atomic E-state index is 0.0145. The van der Waals surface area contributed by atoms with E-state index in [-0.39, 0.29) is 11.7 Å². The van der Waals surface area contributed by atoms with Gasteiger partial charge in [0.1, 0.15) is 16.9 Å². The van der Waals surface area contributed by atoms with Gasteiger partial charge in [0.15, 0.2) is 0 Å². The van der Waals surface area contributed by atoms with Crippen molar-refractivity contribution in [1.29, 1.82) is 0 Å². The van der Waals surface area contributed by atoms with Crippen LogP contribution in [0.3, 0.4) is 0 Å². The van der Waals surface area contributed by atoms with Gasteiger partial charge in [-0.15, -0.1) is 11.3 Å². The average molecular weight is 319 g/mol. The van der Waals surface area contributed by atoms with Gasteiger partial charge in [-0.1, -0.05) is 6.92 Å². The molecular formula is C16H17NO4S. The van der Waals surface area contributed by atoms with Crippen molar-refractivity contribution in [2.75, 3.05) is 13.2 Å². The number of carboxylic acid groups (broad SMARTS) is 1. The molecule has 0 bridgehead atoms. The lowest BCUT2D eigenvalue weighted by Crippen LogP contribution is -2.16. The zero-order valence-electron chi connectivity index (χ0n) is 12.2. The third-order valence-corrected chi connectivity index (χ3v) is 4.68. The van der Waals surface area contributed by atoms with E-state index in [9.17, 15) is 9.90 Å². The summed E-state index contributed by atoms with van der Waals surface area (Å²) in [4.78, 5) is 16.9. The average Bonchev–Trinajstić information content (AvgIpc) is 3.17. The minimum Gasteiger partial charge on any atom is -0.488 e. The first-order valence-corrected chi connectivity index (χ1v) is 8.05. The Morgan fingerprint density at radius 2 is 2.36 bits per heavy atom. The first kappa shape index (κ1) is 15.0. The number of thiazole rings is 1. The molecule has 116 valence electrons. The zero-order chi connectivity index (χ0) is 15.5. The van der Waals surface area contributed by atoms with Crippen LogP contribution in [0.2, 0.25) is 0 Å². The van der Waals surface area contributed by atoms with Crippen LogP contribution < -0.4 is 4.74 Å². The van der Waals surface area contributed by atoms with E-state index in [0.29, 0.717) is 19.0 Å². The monoisotopic (exact) mass is 319 g/mol. The fraction of sp³-hybridized carbons (Fsp3) is 0.375. The van der Waals surface area contributed by atoms with Gasteiger partial charge in [0.2, 0.25) is 0 Å². The quantitative estimate of drug-likeness (QED) is 0.916. The summed E-state index contributed by atoms with van der Waals surface area (Å²) in [5, 5.41) is 10.1. The Hall–Kier alpha value is -1.92. The van der Waals surface area contributed by atoms with Crippen molar-refractivity contribution in [3.63, 3.8) is 0 Å². The van der Waals surface area contributed by atoms with Crippen molar-refractivity contribution < 1.29 is 19.4 Å². The van der Waals surface area contributed by atoms with E-state index in [1.54, 1.807) is 23.5 Å². The summed E-state index contributed by atoms with van der Waals surface area (Å²) in [5.41, 5.74) is 0.984. The number of ether oxygens (including phenoxy) is 2. The van der Waals surface area contributed by atoms with Crippen LogP contribution in [0.4, 0.5) is 0 Å². The fourth-order valence-corrected chi connectivity index (χ4v) is 3.16. The molecule has 1 aliphatic rings. The first-order chi connectivity index (χ1) is 10.7. The molecule has 1 aliphatic heterocycles. The molecule has 1 unspecified atom stereocenters. The molecule has 0 amide bonds. The van der Waals surface area contributed by atoms with Crippen LogP contribution in [0.1, 0.15) is 28.6 Å². The maximum Gasteiger partial charge on any atom is 0.335 e. The molecule has 1 aromatic carbocycles. The summed E-state index contributed by atoms with van der Waals surface area (Å²) in [7, 11) is 0. The number of rotatable bonds is 5. The second-order valence-corrected chi connectivity index (χ2v) is 6.26. The van der Waals surface area contributed by atoms with Crippen LogP contribution in [-0.2, 0) is 11.2 Å². The van der Waals surface area contributed by atoms with Crippen molar-refractivity contribution >= 4 is 17.3 Å². The normalized spacial score (nSPS) is 17.6. The van der Waals surface area contributed by atoms with Crippen LogP contribution in [-0.4, -0.2) is 35.4 Å². The van der Waals surface area contributed by atoms with E-state index in [0.717, 1.165) is 23.4 Å². The largest absolute Gasteiger partial charge is 0.488 e. The van der Waals surface area contributed by atoms with Crippen molar-refractivity contribution in [3.05, 3.63) is 34.8 Å². The highest BCUT2D eigenvalue weighted by molar-refractivity contribution is 7.15. The molecule has 1 atom stereocenters. The highest BCUT2D eigenvalue weighted by atomic mass is 32.1. The summed E-state index contributed by atoms with van der Waals surface area (Å²) in [5.74, 6) is -0.416. The Balaban J connectivity index is 1.93. The predicted molar refractivity (Wildman–Crippen MR) is 83.7 cm³/mol. The topological polar surface area (TPSA) is 68.7 Å². The van der Waals surface area contributed by atoms with Gasteiger partial charge in [-0.25, -0.2) is 9.78 Å². The Kier molecular flexibility index (Phi) is 4.40. The molecule has 0 spiro atoms. The lowest BCUT2D eigenvalue weighted by molar-refractivity contribution is 0.0696. The Morgan fingerprint density at radius 1 is 1.50 bits per heavy atom. The Bertz CT molecular complexity index is 677. The Labute approximate surface area is 132 Å². The SMILES string of the molecule is CCc1cnc(-c2cc(OC3CCOC3)cc(C(=O)O)c2)s1. The first-order valence-electron chi connectivity index (χ1n) is 7.23. The van der Waals surface area contributed by atoms with Gasteiger partial charge in [-0.3, -0.25) is 0 Å². The van der Waals surface area contributed by atoms with Crippen LogP contribution in [0.5, 0.6) is 5.75 Å².